The molecule has 2 rings (SSSR count). The van der Waals surface area contributed by atoms with E-state index in [0.717, 1.165) is 4.90 Å². The first-order chi connectivity index (χ1) is 11.0. The van der Waals surface area contributed by atoms with Crippen molar-refractivity contribution in [3.63, 3.8) is 0 Å². The molecule has 1 heterocycles. The van der Waals surface area contributed by atoms with Crippen LogP contribution in [-0.4, -0.2) is 33.4 Å². The molecule has 5 heteroatoms. The lowest BCUT2D eigenvalue weighted by Gasteiger charge is -2.36. The van der Waals surface area contributed by atoms with Gasteiger partial charge in [0.15, 0.2) is 0 Å². The minimum atomic E-state index is -0.778. The van der Waals surface area contributed by atoms with Crippen LogP contribution >= 0.6 is 12.2 Å². The van der Waals surface area contributed by atoms with Crippen LogP contribution in [0.15, 0.2) is 24.3 Å². The first-order valence-corrected chi connectivity index (χ1v) is 8.57. The standard InChI is InChI=1S/C19H25NO3S/c1-12(2)23-19(5,6)11-18(3,4)17(22)20-15(21)13-9-7-8-10-14(13)16(20)24/h7-10,12H,11H2,1-6H3. The Hall–Kier alpha value is -1.59. The molecule has 0 saturated heterocycles. The number of nitrogens with zero attached hydrogens (tertiary/aromatic N) is 1. The van der Waals surface area contributed by atoms with Crippen molar-refractivity contribution in [2.45, 2.75) is 59.7 Å². The SMILES string of the molecule is CC(C)OC(C)(C)CC(C)(C)C(=O)N1C(=O)c2ccccc2C1=S. The fourth-order valence-corrected chi connectivity index (χ4v) is 3.84. The van der Waals surface area contributed by atoms with Crippen LogP contribution in [-0.2, 0) is 9.53 Å². The normalized spacial score (nSPS) is 15.2. The van der Waals surface area contributed by atoms with Gasteiger partial charge in [-0.15, -0.1) is 0 Å². The number of hydrogen-bond acceptors (Lipinski definition) is 4. The molecule has 0 atom stereocenters. The van der Waals surface area contributed by atoms with Crippen LogP contribution in [0.3, 0.4) is 0 Å². The quantitative estimate of drug-likeness (QED) is 0.756. The van der Waals surface area contributed by atoms with Gasteiger partial charge >= 0.3 is 0 Å². The number of carbonyl (C=O) groups is 2. The monoisotopic (exact) mass is 347 g/mol. The van der Waals surface area contributed by atoms with Crippen LogP contribution in [0.5, 0.6) is 0 Å². The number of imide groups is 1. The zero-order valence-electron chi connectivity index (χ0n) is 15.2. The van der Waals surface area contributed by atoms with Gasteiger partial charge in [-0.3, -0.25) is 9.59 Å². The van der Waals surface area contributed by atoms with Gasteiger partial charge in [-0.2, -0.15) is 0 Å². The van der Waals surface area contributed by atoms with Gasteiger partial charge in [0.2, 0.25) is 5.91 Å². The molecule has 0 aliphatic carbocycles. The number of ether oxygens (including phenoxy) is 1. The second-order valence-electron chi connectivity index (χ2n) is 7.78. The van der Waals surface area contributed by atoms with Gasteiger partial charge < -0.3 is 4.74 Å². The van der Waals surface area contributed by atoms with Crippen molar-refractivity contribution in [1.29, 1.82) is 0 Å². The lowest BCUT2D eigenvalue weighted by molar-refractivity contribution is -0.140. The Morgan fingerprint density at radius 1 is 1.17 bits per heavy atom. The van der Waals surface area contributed by atoms with Crippen molar-refractivity contribution in [2.24, 2.45) is 5.41 Å². The highest BCUT2D eigenvalue weighted by Crippen LogP contribution is 2.35. The maximum absolute atomic E-state index is 13.1. The third kappa shape index (κ3) is 3.57. The molecule has 0 N–H and O–H groups in total. The number of thiocarbonyl (C=S) groups is 1. The molecule has 130 valence electrons. The molecule has 0 unspecified atom stereocenters. The summed E-state index contributed by atoms with van der Waals surface area (Å²) in [6.07, 6.45) is 0.546. The topological polar surface area (TPSA) is 46.6 Å². The minimum absolute atomic E-state index is 0.0599. The zero-order chi connectivity index (χ0) is 18.3. The third-order valence-corrected chi connectivity index (χ3v) is 4.40. The van der Waals surface area contributed by atoms with E-state index >= 15 is 0 Å². The Kier molecular flexibility index (Phi) is 4.98. The molecular weight excluding hydrogens is 322 g/mol. The highest BCUT2D eigenvalue weighted by molar-refractivity contribution is 7.80. The van der Waals surface area contributed by atoms with E-state index in [-0.39, 0.29) is 22.9 Å². The molecule has 4 nitrogen and oxygen atoms in total. The number of carbonyl (C=O) groups excluding carboxylic acids is 2. The Bertz CT molecular complexity index is 657. The van der Waals surface area contributed by atoms with Gasteiger partial charge in [0.25, 0.3) is 5.91 Å². The molecule has 0 spiro atoms. The summed E-state index contributed by atoms with van der Waals surface area (Å²) in [7, 11) is 0. The molecule has 1 aliphatic heterocycles. The summed E-state index contributed by atoms with van der Waals surface area (Å²) in [5, 5.41) is 0. The van der Waals surface area contributed by atoms with Gasteiger partial charge in [-0.25, -0.2) is 4.90 Å². The second kappa shape index (κ2) is 6.37. The van der Waals surface area contributed by atoms with E-state index in [1.807, 2.05) is 47.6 Å². The molecule has 0 aromatic heterocycles. The van der Waals surface area contributed by atoms with E-state index in [1.54, 1.807) is 18.2 Å². The average molecular weight is 347 g/mol. The molecule has 24 heavy (non-hydrogen) atoms. The van der Waals surface area contributed by atoms with Crippen LogP contribution in [0, 0.1) is 5.41 Å². The van der Waals surface area contributed by atoms with Crippen LogP contribution in [0.4, 0.5) is 0 Å². The van der Waals surface area contributed by atoms with Crippen LogP contribution < -0.4 is 0 Å². The lowest BCUT2D eigenvalue weighted by Crippen LogP contribution is -2.47. The summed E-state index contributed by atoms with van der Waals surface area (Å²) in [5.74, 6) is -0.620. The van der Waals surface area contributed by atoms with Gasteiger partial charge in [0.05, 0.1) is 17.3 Å². The van der Waals surface area contributed by atoms with Crippen LogP contribution in [0.25, 0.3) is 0 Å². The van der Waals surface area contributed by atoms with E-state index in [9.17, 15) is 9.59 Å². The molecule has 0 fully saturated rings. The summed E-state index contributed by atoms with van der Waals surface area (Å²) in [4.78, 5) is 27.1. The number of rotatable bonds is 5. The van der Waals surface area contributed by atoms with Crippen molar-refractivity contribution >= 4 is 29.0 Å². The number of benzene rings is 1. The van der Waals surface area contributed by atoms with E-state index in [4.69, 9.17) is 17.0 Å². The van der Waals surface area contributed by atoms with Crippen molar-refractivity contribution in [1.82, 2.24) is 4.90 Å². The van der Waals surface area contributed by atoms with Gasteiger partial charge in [-0.1, -0.05) is 44.3 Å². The van der Waals surface area contributed by atoms with E-state index in [0.29, 0.717) is 17.5 Å². The number of fused-ring (bicyclic) bond motifs is 1. The van der Waals surface area contributed by atoms with E-state index < -0.39 is 11.0 Å². The molecule has 1 aromatic carbocycles. The summed E-state index contributed by atoms with van der Waals surface area (Å²) < 4.78 is 5.91. The fraction of sp³-hybridized carbons (Fsp3) is 0.526. The van der Waals surface area contributed by atoms with Crippen molar-refractivity contribution in [3.8, 4) is 0 Å². The Balaban J connectivity index is 2.25. The maximum atomic E-state index is 13.1. The lowest BCUT2D eigenvalue weighted by atomic mass is 9.80. The van der Waals surface area contributed by atoms with E-state index in [2.05, 4.69) is 0 Å². The van der Waals surface area contributed by atoms with Gasteiger partial charge in [0, 0.05) is 11.0 Å². The predicted molar refractivity (Wildman–Crippen MR) is 98.0 cm³/mol. The second-order valence-corrected chi connectivity index (χ2v) is 8.17. The Labute approximate surface area is 149 Å². The van der Waals surface area contributed by atoms with Crippen molar-refractivity contribution < 1.29 is 14.3 Å². The summed E-state index contributed by atoms with van der Waals surface area (Å²) in [5.41, 5.74) is -0.117. The number of amides is 2. The minimum Gasteiger partial charge on any atom is -0.373 e. The molecular formula is C19H25NO3S. The summed E-state index contributed by atoms with van der Waals surface area (Å²) >= 11 is 5.38. The number of hydrogen-bond donors (Lipinski definition) is 0. The highest BCUT2D eigenvalue weighted by atomic mass is 32.1. The maximum Gasteiger partial charge on any atom is 0.266 e. The average Bonchev–Trinajstić information content (AvgIpc) is 2.68. The highest BCUT2D eigenvalue weighted by Gasteiger charge is 2.45. The fourth-order valence-electron chi connectivity index (χ4n) is 3.50. The first-order valence-electron chi connectivity index (χ1n) is 8.16. The largest absolute Gasteiger partial charge is 0.373 e. The van der Waals surface area contributed by atoms with Crippen LogP contribution in [0.2, 0.25) is 0 Å². The summed E-state index contributed by atoms with van der Waals surface area (Å²) in [6, 6.07) is 7.08. The molecule has 1 aliphatic rings. The molecule has 2 amide bonds. The van der Waals surface area contributed by atoms with Crippen molar-refractivity contribution in [2.75, 3.05) is 0 Å². The van der Waals surface area contributed by atoms with Crippen LogP contribution in [0.1, 0.15) is 63.9 Å². The summed E-state index contributed by atoms with van der Waals surface area (Å²) in [6.45, 7) is 11.5. The Morgan fingerprint density at radius 2 is 1.71 bits per heavy atom. The van der Waals surface area contributed by atoms with Gasteiger partial charge in [-0.05, 0) is 40.2 Å². The van der Waals surface area contributed by atoms with Gasteiger partial charge in [0.1, 0.15) is 4.99 Å². The van der Waals surface area contributed by atoms with Crippen molar-refractivity contribution in [3.05, 3.63) is 35.4 Å². The molecule has 1 aromatic rings. The zero-order valence-corrected chi connectivity index (χ0v) is 16.0. The molecule has 0 bridgehead atoms. The Morgan fingerprint density at radius 3 is 2.21 bits per heavy atom. The smallest absolute Gasteiger partial charge is 0.266 e. The predicted octanol–water partition coefficient (Wildman–Crippen LogP) is 3.96. The molecule has 0 radical (unpaired) electrons. The first kappa shape index (κ1) is 18.7. The third-order valence-electron chi connectivity index (χ3n) is 4.00. The molecule has 0 saturated carbocycles. The van der Waals surface area contributed by atoms with E-state index in [1.165, 1.54) is 0 Å².